The highest BCUT2D eigenvalue weighted by atomic mass is 16.6. The van der Waals surface area contributed by atoms with Gasteiger partial charge in [-0.3, -0.25) is 19.7 Å². The third-order valence-corrected chi connectivity index (χ3v) is 4.56. The van der Waals surface area contributed by atoms with Crippen molar-refractivity contribution in [2.75, 3.05) is 0 Å². The number of aryl methyl sites for hydroxylation is 1. The summed E-state index contributed by atoms with van der Waals surface area (Å²) in [7, 11) is 0. The summed E-state index contributed by atoms with van der Waals surface area (Å²) in [6.45, 7) is 7.58. The van der Waals surface area contributed by atoms with Crippen LogP contribution in [0.3, 0.4) is 0 Å². The Kier molecular flexibility index (Phi) is 7.47. The Balaban J connectivity index is 2.31. The molecule has 0 radical (unpaired) electrons. The van der Waals surface area contributed by atoms with Crippen LogP contribution in [-0.2, 0) is 22.6 Å². The van der Waals surface area contributed by atoms with E-state index in [9.17, 15) is 19.7 Å². The predicted octanol–water partition coefficient (Wildman–Crippen LogP) is 3.39. The summed E-state index contributed by atoms with van der Waals surface area (Å²) >= 11 is 0. The lowest BCUT2D eigenvalue weighted by Crippen LogP contribution is -2.49. The van der Waals surface area contributed by atoms with E-state index in [-0.39, 0.29) is 36.5 Å². The maximum Gasteiger partial charge on any atom is 0.273 e. The Bertz CT molecular complexity index is 895. The molecule has 0 fully saturated rings. The Hall–Kier alpha value is -3.22. The molecule has 2 aromatic rings. The first-order chi connectivity index (χ1) is 13.7. The van der Waals surface area contributed by atoms with Gasteiger partial charge in [0.1, 0.15) is 6.04 Å². The number of para-hydroxylation sites is 1. The third kappa shape index (κ3) is 6.14. The van der Waals surface area contributed by atoms with Crippen molar-refractivity contribution >= 4 is 17.5 Å². The van der Waals surface area contributed by atoms with E-state index in [0.29, 0.717) is 5.56 Å². The second-order valence-corrected chi connectivity index (χ2v) is 7.41. The summed E-state index contributed by atoms with van der Waals surface area (Å²) in [6, 6.07) is 13.1. The molecule has 2 aromatic carbocycles. The topological polar surface area (TPSA) is 92.6 Å². The van der Waals surface area contributed by atoms with Crippen LogP contribution in [0.4, 0.5) is 5.69 Å². The standard InChI is InChI=1S/C22H27N3O4/c1-15(2)23-22(27)17(4)24(14-18-9-7-8-16(3)12-18)21(26)13-19-10-5-6-11-20(19)25(28)29/h5-12,15,17H,13-14H2,1-4H3,(H,23,27)/t17-/m1/s1. The third-order valence-electron chi connectivity index (χ3n) is 4.56. The number of benzene rings is 2. The van der Waals surface area contributed by atoms with Crippen LogP contribution in [0.5, 0.6) is 0 Å². The molecule has 2 amide bonds. The van der Waals surface area contributed by atoms with Crippen LogP contribution in [0.1, 0.15) is 37.5 Å². The predicted molar refractivity (Wildman–Crippen MR) is 111 cm³/mol. The molecule has 0 spiro atoms. The molecule has 0 aliphatic carbocycles. The van der Waals surface area contributed by atoms with Crippen LogP contribution < -0.4 is 5.32 Å². The maximum atomic E-state index is 13.1. The fourth-order valence-electron chi connectivity index (χ4n) is 3.10. The molecule has 0 aromatic heterocycles. The molecule has 0 saturated heterocycles. The van der Waals surface area contributed by atoms with Crippen molar-refractivity contribution in [1.29, 1.82) is 0 Å². The van der Waals surface area contributed by atoms with E-state index in [1.165, 1.54) is 11.0 Å². The summed E-state index contributed by atoms with van der Waals surface area (Å²) < 4.78 is 0. The molecule has 0 aliphatic rings. The fraction of sp³-hybridized carbons (Fsp3) is 0.364. The van der Waals surface area contributed by atoms with E-state index in [1.54, 1.807) is 25.1 Å². The quantitative estimate of drug-likeness (QED) is 0.546. The highest BCUT2D eigenvalue weighted by Crippen LogP contribution is 2.20. The van der Waals surface area contributed by atoms with Crippen molar-refractivity contribution in [3.63, 3.8) is 0 Å². The van der Waals surface area contributed by atoms with Gasteiger partial charge >= 0.3 is 0 Å². The van der Waals surface area contributed by atoms with Crippen LogP contribution in [0, 0.1) is 17.0 Å². The Morgan fingerprint density at radius 2 is 1.79 bits per heavy atom. The lowest BCUT2D eigenvalue weighted by atomic mass is 10.1. The van der Waals surface area contributed by atoms with Gasteiger partial charge in [0.2, 0.25) is 11.8 Å². The van der Waals surface area contributed by atoms with Gasteiger partial charge in [-0.15, -0.1) is 0 Å². The Labute approximate surface area is 170 Å². The van der Waals surface area contributed by atoms with Gasteiger partial charge in [-0.2, -0.15) is 0 Å². The lowest BCUT2D eigenvalue weighted by Gasteiger charge is -2.29. The van der Waals surface area contributed by atoms with Crippen LogP contribution in [-0.4, -0.2) is 33.7 Å². The van der Waals surface area contributed by atoms with Crippen LogP contribution >= 0.6 is 0 Å². The molecule has 154 valence electrons. The van der Waals surface area contributed by atoms with E-state index in [4.69, 9.17) is 0 Å². The fourth-order valence-corrected chi connectivity index (χ4v) is 3.10. The number of rotatable bonds is 8. The molecular formula is C22H27N3O4. The monoisotopic (exact) mass is 397 g/mol. The lowest BCUT2D eigenvalue weighted by molar-refractivity contribution is -0.385. The molecule has 2 rings (SSSR count). The van der Waals surface area contributed by atoms with Gasteiger partial charge in [-0.25, -0.2) is 0 Å². The van der Waals surface area contributed by atoms with Crippen molar-refractivity contribution in [1.82, 2.24) is 10.2 Å². The summed E-state index contributed by atoms with van der Waals surface area (Å²) in [5.74, 6) is -0.601. The molecule has 7 heteroatoms. The van der Waals surface area contributed by atoms with E-state index in [1.807, 2.05) is 45.0 Å². The van der Waals surface area contributed by atoms with Crippen molar-refractivity contribution in [3.05, 3.63) is 75.3 Å². The number of carbonyl (C=O) groups is 2. The van der Waals surface area contributed by atoms with Gasteiger partial charge in [0, 0.05) is 24.2 Å². The van der Waals surface area contributed by atoms with Gasteiger partial charge < -0.3 is 10.2 Å². The zero-order valence-corrected chi connectivity index (χ0v) is 17.2. The van der Waals surface area contributed by atoms with E-state index < -0.39 is 11.0 Å². The normalized spacial score (nSPS) is 11.8. The number of nitro groups is 1. The summed E-state index contributed by atoms with van der Waals surface area (Å²) in [6.07, 6.45) is -0.151. The largest absolute Gasteiger partial charge is 0.352 e. The minimum atomic E-state index is -0.715. The molecule has 1 atom stereocenters. The first kappa shape index (κ1) is 22.1. The molecule has 0 bridgehead atoms. The molecular weight excluding hydrogens is 370 g/mol. The zero-order chi connectivity index (χ0) is 21.6. The highest BCUT2D eigenvalue weighted by Gasteiger charge is 2.28. The van der Waals surface area contributed by atoms with Crippen molar-refractivity contribution in [3.8, 4) is 0 Å². The van der Waals surface area contributed by atoms with Gasteiger partial charge in [-0.05, 0) is 33.3 Å². The van der Waals surface area contributed by atoms with Crippen LogP contribution in [0.25, 0.3) is 0 Å². The minimum Gasteiger partial charge on any atom is -0.352 e. The number of hydrogen-bond donors (Lipinski definition) is 1. The molecule has 7 nitrogen and oxygen atoms in total. The van der Waals surface area contributed by atoms with Crippen LogP contribution in [0.2, 0.25) is 0 Å². The smallest absolute Gasteiger partial charge is 0.273 e. The van der Waals surface area contributed by atoms with Crippen molar-refractivity contribution in [2.24, 2.45) is 0 Å². The van der Waals surface area contributed by atoms with Gasteiger partial charge in [0.25, 0.3) is 5.69 Å². The first-order valence-electron chi connectivity index (χ1n) is 9.56. The SMILES string of the molecule is Cc1cccc(CN(C(=O)Cc2ccccc2[N+](=O)[O-])[C@H](C)C(=O)NC(C)C)c1. The van der Waals surface area contributed by atoms with Crippen molar-refractivity contribution in [2.45, 2.75) is 52.7 Å². The number of hydrogen-bond acceptors (Lipinski definition) is 4. The molecule has 29 heavy (non-hydrogen) atoms. The minimum absolute atomic E-state index is 0.0592. The highest BCUT2D eigenvalue weighted by molar-refractivity contribution is 5.88. The van der Waals surface area contributed by atoms with E-state index in [2.05, 4.69) is 5.32 Å². The number of nitrogens with one attached hydrogen (secondary N) is 1. The summed E-state index contributed by atoms with van der Waals surface area (Å²) in [5.41, 5.74) is 2.17. The summed E-state index contributed by atoms with van der Waals surface area (Å²) in [4.78, 5) is 38.0. The molecule has 0 aliphatic heterocycles. The molecule has 0 saturated carbocycles. The molecule has 1 N–H and O–H groups in total. The average Bonchev–Trinajstić information content (AvgIpc) is 2.65. The van der Waals surface area contributed by atoms with E-state index in [0.717, 1.165) is 11.1 Å². The van der Waals surface area contributed by atoms with Gasteiger partial charge in [0.15, 0.2) is 0 Å². The second kappa shape index (κ2) is 9.82. The number of amides is 2. The van der Waals surface area contributed by atoms with Gasteiger partial charge in [-0.1, -0.05) is 48.0 Å². The second-order valence-electron chi connectivity index (χ2n) is 7.41. The van der Waals surface area contributed by atoms with E-state index >= 15 is 0 Å². The number of nitro benzene ring substituents is 1. The number of nitrogens with zero attached hydrogens (tertiary/aromatic N) is 2. The zero-order valence-electron chi connectivity index (χ0n) is 17.2. The molecule has 0 unspecified atom stereocenters. The summed E-state index contributed by atoms with van der Waals surface area (Å²) in [5, 5.41) is 14.1. The van der Waals surface area contributed by atoms with Gasteiger partial charge in [0.05, 0.1) is 11.3 Å². The maximum absolute atomic E-state index is 13.1. The number of carbonyl (C=O) groups excluding carboxylic acids is 2. The molecule has 0 heterocycles. The van der Waals surface area contributed by atoms with Crippen LogP contribution in [0.15, 0.2) is 48.5 Å². The van der Waals surface area contributed by atoms with Crippen molar-refractivity contribution < 1.29 is 14.5 Å². The Morgan fingerprint density at radius 3 is 2.41 bits per heavy atom. The average molecular weight is 397 g/mol. The Morgan fingerprint density at radius 1 is 1.10 bits per heavy atom. The first-order valence-corrected chi connectivity index (χ1v) is 9.56.